The standard InChI is InChI=1S/C31H28N6O9/c1-19-5-8-22(11-25(19)43-16-32)35-28(38)41-14-31(4,46-30(40)37-24-10-7-21(3)27(13-24)45-18-34)15-42-29(39)36-23-9-6-20(2)26(12-23)44-17-33/h5-13H,14-15H2,1-4H3,(H,35,38)(H,36,39)(H,37,40). The van der Waals surface area contributed by atoms with E-state index in [1.807, 2.05) is 0 Å². The minimum Gasteiger partial charge on any atom is -0.445 e. The molecule has 3 amide bonds. The average molecular weight is 629 g/mol. The van der Waals surface area contributed by atoms with E-state index in [1.165, 1.54) is 25.1 Å². The highest BCUT2D eigenvalue weighted by atomic mass is 16.6. The minimum absolute atomic E-state index is 0.210. The highest BCUT2D eigenvalue weighted by Gasteiger charge is 2.33. The van der Waals surface area contributed by atoms with Gasteiger partial charge in [0.15, 0.2) is 5.60 Å². The van der Waals surface area contributed by atoms with Gasteiger partial charge in [-0.25, -0.2) is 14.4 Å². The highest BCUT2D eigenvalue weighted by Crippen LogP contribution is 2.26. The Balaban J connectivity index is 1.72. The fraction of sp³-hybridized carbons (Fsp3) is 0.226. The number of hydrogen-bond donors (Lipinski definition) is 3. The first-order valence-corrected chi connectivity index (χ1v) is 13.3. The summed E-state index contributed by atoms with van der Waals surface area (Å²) < 4.78 is 30.7. The van der Waals surface area contributed by atoms with E-state index in [0.717, 1.165) is 0 Å². The van der Waals surface area contributed by atoms with Gasteiger partial charge in [-0.15, -0.1) is 15.8 Å². The monoisotopic (exact) mass is 628 g/mol. The van der Waals surface area contributed by atoms with Gasteiger partial charge in [0.05, 0.1) is 0 Å². The van der Waals surface area contributed by atoms with Crippen molar-refractivity contribution in [3.8, 4) is 36.0 Å². The van der Waals surface area contributed by atoms with Gasteiger partial charge in [-0.1, -0.05) is 18.2 Å². The van der Waals surface area contributed by atoms with Crippen molar-refractivity contribution in [2.24, 2.45) is 0 Å². The molecule has 46 heavy (non-hydrogen) atoms. The average Bonchev–Trinajstić information content (AvgIpc) is 3.00. The molecule has 0 bridgehead atoms. The largest absolute Gasteiger partial charge is 0.445 e. The molecule has 0 saturated heterocycles. The Morgan fingerprint density at radius 3 is 1.26 bits per heavy atom. The molecule has 0 aliphatic heterocycles. The number of benzene rings is 3. The number of rotatable bonds is 11. The molecule has 15 heteroatoms. The number of anilines is 3. The third kappa shape index (κ3) is 9.97. The van der Waals surface area contributed by atoms with Gasteiger partial charge in [0.1, 0.15) is 30.5 Å². The van der Waals surface area contributed by atoms with E-state index in [-0.39, 0.29) is 34.3 Å². The number of ether oxygens (including phenoxy) is 6. The van der Waals surface area contributed by atoms with E-state index < -0.39 is 37.1 Å². The topological polar surface area (TPSA) is 214 Å². The number of hydrogen-bond acceptors (Lipinski definition) is 12. The van der Waals surface area contributed by atoms with Crippen molar-refractivity contribution < 1.29 is 42.8 Å². The van der Waals surface area contributed by atoms with Crippen LogP contribution in [-0.4, -0.2) is 37.1 Å². The fourth-order valence-electron chi connectivity index (χ4n) is 3.72. The van der Waals surface area contributed by atoms with Crippen LogP contribution in [0.3, 0.4) is 0 Å². The van der Waals surface area contributed by atoms with Gasteiger partial charge in [0.2, 0.25) is 0 Å². The van der Waals surface area contributed by atoms with Crippen molar-refractivity contribution in [1.29, 1.82) is 15.8 Å². The number of carbonyl (C=O) groups is 3. The number of nitrogens with zero attached hydrogens (tertiary/aromatic N) is 3. The summed E-state index contributed by atoms with van der Waals surface area (Å²) >= 11 is 0. The zero-order chi connectivity index (χ0) is 33.7. The predicted molar refractivity (Wildman–Crippen MR) is 161 cm³/mol. The maximum absolute atomic E-state index is 12.9. The smallest absolute Gasteiger partial charge is 0.412 e. The molecule has 3 aromatic rings. The molecule has 0 heterocycles. The molecule has 3 rings (SSSR count). The molecule has 236 valence electrons. The lowest BCUT2D eigenvalue weighted by molar-refractivity contribution is -0.0505. The van der Waals surface area contributed by atoms with E-state index in [9.17, 15) is 14.4 Å². The van der Waals surface area contributed by atoms with Gasteiger partial charge in [-0.2, -0.15) is 0 Å². The van der Waals surface area contributed by atoms with Gasteiger partial charge in [-0.3, -0.25) is 16.0 Å². The van der Waals surface area contributed by atoms with Gasteiger partial charge in [-0.05, 0) is 62.6 Å². The Hall–Kier alpha value is -6.66. The molecule has 0 fully saturated rings. The van der Waals surface area contributed by atoms with Crippen LogP contribution in [-0.2, 0) is 14.2 Å². The SMILES string of the molecule is Cc1ccc(NC(=O)OCC(C)(COC(=O)Nc2ccc(C)c(OC#N)c2)OC(=O)Nc2ccc(C)c(OC#N)c2)cc1OC#N. The Labute approximate surface area is 263 Å². The molecule has 3 aromatic carbocycles. The third-order valence-electron chi connectivity index (χ3n) is 6.13. The number of nitrogens with one attached hydrogen (secondary N) is 3. The minimum atomic E-state index is -1.72. The Bertz CT molecular complexity index is 1660. The molecule has 0 saturated carbocycles. The van der Waals surface area contributed by atoms with Crippen LogP contribution in [0.1, 0.15) is 23.6 Å². The first kappa shape index (κ1) is 33.8. The van der Waals surface area contributed by atoms with Crippen LogP contribution < -0.4 is 30.2 Å². The second-order valence-corrected chi connectivity index (χ2v) is 9.89. The molecular formula is C31H28N6O9. The lowest BCUT2D eigenvalue weighted by atomic mass is 10.1. The Morgan fingerprint density at radius 1 is 0.609 bits per heavy atom. The summed E-state index contributed by atoms with van der Waals surface area (Å²) in [6, 6.07) is 13.7. The van der Waals surface area contributed by atoms with E-state index in [2.05, 4.69) is 16.0 Å². The molecule has 0 atom stereocenters. The van der Waals surface area contributed by atoms with Gasteiger partial charge >= 0.3 is 18.3 Å². The Morgan fingerprint density at radius 2 is 0.935 bits per heavy atom. The molecule has 0 aromatic heterocycles. The zero-order valence-electron chi connectivity index (χ0n) is 25.1. The number of nitriles is 3. The second-order valence-electron chi connectivity index (χ2n) is 9.89. The van der Waals surface area contributed by atoms with Crippen LogP contribution in [0.25, 0.3) is 0 Å². The van der Waals surface area contributed by atoms with Crippen LogP contribution in [0.4, 0.5) is 31.4 Å². The summed E-state index contributed by atoms with van der Waals surface area (Å²) in [5, 5.41) is 33.9. The van der Waals surface area contributed by atoms with Crippen molar-refractivity contribution in [3.05, 3.63) is 71.3 Å². The molecule has 0 unspecified atom stereocenters. The number of amides is 3. The zero-order valence-corrected chi connectivity index (χ0v) is 25.1. The van der Waals surface area contributed by atoms with Crippen molar-refractivity contribution >= 4 is 35.3 Å². The van der Waals surface area contributed by atoms with Crippen molar-refractivity contribution in [2.75, 3.05) is 29.2 Å². The van der Waals surface area contributed by atoms with Gasteiger partial charge in [0.25, 0.3) is 18.8 Å². The van der Waals surface area contributed by atoms with Crippen molar-refractivity contribution in [1.82, 2.24) is 0 Å². The summed E-state index contributed by atoms with van der Waals surface area (Å²) in [6.07, 6.45) is 1.78. The summed E-state index contributed by atoms with van der Waals surface area (Å²) in [5.74, 6) is 0.662. The first-order valence-electron chi connectivity index (χ1n) is 13.3. The van der Waals surface area contributed by atoms with E-state index in [1.54, 1.807) is 75.9 Å². The summed E-state index contributed by atoms with van der Waals surface area (Å²) in [6.45, 7) is 5.35. The van der Waals surface area contributed by atoms with Gasteiger partial charge < -0.3 is 28.4 Å². The fourth-order valence-corrected chi connectivity index (χ4v) is 3.72. The van der Waals surface area contributed by atoms with Crippen LogP contribution in [0, 0.1) is 55.3 Å². The number of aryl methyl sites for hydroxylation is 3. The van der Waals surface area contributed by atoms with Crippen molar-refractivity contribution in [3.63, 3.8) is 0 Å². The third-order valence-corrected chi connectivity index (χ3v) is 6.13. The molecule has 0 spiro atoms. The van der Waals surface area contributed by atoms with E-state index in [0.29, 0.717) is 16.7 Å². The molecular weight excluding hydrogens is 600 g/mol. The first-order chi connectivity index (χ1) is 21.9. The molecule has 0 radical (unpaired) electrons. The predicted octanol–water partition coefficient (Wildman–Crippen LogP) is 6.00. The summed E-state index contributed by atoms with van der Waals surface area (Å²) in [5.41, 5.74) is 0.965. The van der Waals surface area contributed by atoms with E-state index in [4.69, 9.17) is 44.2 Å². The second kappa shape index (κ2) is 15.7. The summed E-state index contributed by atoms with van der Waals surface area (Å²) in [7, 11) is 0. The van der Waals surface area contributed by atoms with Crippen LogP contribution in [0.5, 0.6) is 17.2 Å². The quantitative estimate of drug-likeness (QED) is 0.165. The lowest BCUT2D eigenvalue weighted by Crippen LogP contribution is -2.44. The van der Waals surface area contributed by atoms with E-state index >= 15 is 0 Å². The number of carbonyl (C=O) groups excluding carboxylic acids is 3. The molecule has 0 aliphatic carbocycles. The highest BCUT2D eigenvalue weighted by molar-refractivity contribution is 5.87. The molecule has 0 aliphatic rings. The van der Waals surface area contributed by atoms with Gasteiger partial charge in [0, 0.05) is 35.3 Å². The molecule has 3 N–H and O–H groups in total. The van der Waals surface area contributed by atoms with Crippen LogP contribution in [0.2, 0.25) is 0 Å². The van der Waals surface area contributed by atoms with Crippen LogP contribution in [0.15, 0.2) is 54.6 Å². The maximum atomic E-state index is 12.9. The molecule has 15 nitrogen and oxygen atoms in total. The summed E-state index contributed by atoms with van der Waals surface area (Å²) in [4.78, 5) is 38.1. The van der Waals surface area contributed by atoms with Crippen LogP contribution >= 0.6 is 0 Å². The Kier molecular flexibility index (Phi) is 11.6. The normalized spacial score (nSPS) is 10.1. The maximum Gasteiger partial charge on any atom is 0.412 e. The van der Waals surface area contributed by atoms with Crippen molar-refractivity contribution in [2.45, 2.75) is 33.3 Å². The lowest BCUT2D eigenvalue weighted by Gasteiger charge is -2.28.